The monoisotopic (exact) mass is 372 g/mol. The number of ketones is 1. The van der Waals surface area contributed by atoms with E-state index in [9.17, 15) is 9.59 Å². The number of benzene rings is 3. The van der Waals surface area contributed by atoms with Crippen LogP contribution in [0.3, 0.4) is 0 Å². The Morgan fingerprint density at radius 2 is 1.50 bits per heavy atom. The molecule has 3 heteroatoms. The average Bonchev–Trinajstić information content (AvgIpc) is 2.77. The first kappa shape index (κ1) is 19.6. The summed E-state index contributed by atoms with van der Waals surface area (Å²) >= 11 is 0. The number of Topliss-reactive ketones (excluding diaryl/α,β-unsaturated/α-hetero) is 1. The third-order valence-corrected chi connectivity index (χ3v) is 4.98. The van der Waals surface area contributed by atoms with E-state index in [0.717, 1.165) is 17.5 Å². The van der Waals surface area contributed by atoms with Crippen LogP contribution in [0.1, 0.15) is 52.5 Å². The smallest absolute Gasteiger partial charge is 0.339 e. The predicted molar refractivity (Wildman–Crippen MR) is 112 cm³/mol. The molecule has 0 aromatic heterocycles. The fourth-order valence-corrected chi connectivity index (χ4v) is 3.06. The van der Waals surface area contributed by atoms with Crippen LogP contribution in [-0.2, 0) is 4.74 Å². The molecule has 0 aliphatic heterocycles. The molecule has 3 aromatic carbocycles. The lowest BCUT2D eigenvalue weighted by Crippen LogP contribution is -2.15. The maximum atomic E-state index is 12.6. The maximum absolute atomic E-state index is 12.6. The molecule has 0 unspecified atom stereocenters. The summed E-state index contributed by atoms with van der Waals surface area (Å²) in [6.45, 7) is 4.02. The molecule has 0 fully saturated rings. The number of carbonyl (C=O) groups is 2. The van der Waals surface area contributed by atoms with Crippen LogP contribution in [0.5, 0.6) is 0 Å². The molecule has 0 aliphatic rings. The van der Waals surface area contributed by atoms with Gasteiger partial charge in [-0.2, -0.15) is 0 Å². The predicted octanol–water partition coefficient (Wildman–Crippen LogP) is 5.91. The molecule has 1 atom stereocenters. The normalized spacial score (nSPS) is 11.6. The second-order valence-electron chi connectivity index (χ2n) is 6.84. The number of esters is 1. The Kier molecular flexibility index (Phi) is 6.38. The van der Waals surface area contributed by atoms with E-state index in [1.165, 1.54) is 5.56 Å². The topological polar surface area (TPSA) is 43.4 Å². The van der Waals surface area contributed by atoms with Crippen molar-refractivity contribution >= 4 is 11.8 Å². The van der Waals surface area contributed by atoms with Crippen molar-refractivity contribution in [3.05, 3.63) is 95.6 Å². The summed E-state index contributed by atoms with van der Waals surface area (Å²) in [7, 11) is 0. The number of rotatable bonds is 7. The molecule has 0 saturated carbocycles. The first-order valence-electron chi connectivity index (χ1n) is 9.55. The maximum Gasteiger partial charge on any atom is 0.339 e. The zero-order valence-electron chi connectivity index (χ0n) is 16.2. The van der Waals surface area contributed by atoms with Gasteiger partial charge in [0.05, 0.1) is 5.56 Å². The molecule has 3 aromatic rings. The van der Waals surface area contributed by atoms with E-state index in [4.69, 9.17) is 4.74 Å². The molecular weight excluding hydrogens is 348 g/mol. The molecule has 0 amide bonds. The van der Waals surface area contributed by atoms with Crippen molar-refractivity contribution in [1.29, 1.82) is 0 Å². The number of carbonyl (C=O) groups excluding carboxylic acids is 2. The van der Waals surface area contributed by atoms with Gasteiger partial charge in [0.2, 0.25) is 0 Å². The van der Waals surface area contributed by atoms with Crippen LogP contribution in [0.25, 0.3) is 11.1 Å². The minimum atomic E-state index is -0.496. The van der Waals surface area contributed by atoms with Gasteiger partial charge in [0, 0.05) is 5.56 Å². The van der Waals surface area contributed by atoms with E-state index in [0.29, 0.717) is 17.0 Å². The van der Waals surface area contributed by atoms with E-state index < -0.39 is 5.97 Å². The SMILES string of the molecule is CC[C@@H](C)c1ccc(C(=O)COC(=O)c2ccccc2-c2ccccc2)cc1. The highest BCUT2D eigenvalue weighted by atomic mass is 16.5. The number of hydrogen-bond acceptors (Lipinski definition) is 3. The van der Waals surface area contributed by atoms with Crippen molar-refractivity contribution < 1.29 is 14.3 Å². The summed E-state index contributed by atoms with van der Waals surface area (Å²) in [5.74, 6) is -0.248. The van der Waals surface area contributed by atoms with Crippen molar-refractivity contribution in [2.75, 3.05) is 6.61 Å². The number of ether oxygens (including phenoxy) is 1. The van der Waals surface area contributed by atoms with Crippen LogP contribution in [0.2, 0.25) is 0 Å². The van der Waals surface area contributed by atoms with Gasteiger partial charge in [0.25, 0.3) is 0 Å². The molecule has 28 heavy (non-hydrogen) atoms. The molecule has 0 spiro atoms. The third kappa shape index (κ3) is 4.55. The molecule has 0 aliphatic carbocycles. The Morgan fingerprint density at radius 1 is 0.857 bits per heavy atom. The lowest BCUT2D eigenvalue weighted by atomic mass is 9.97. The van der Waals surface area contributed by atoms with Gasteiger partial charge in [0.1, 0.15) is 0 Å². The van der Waals surface area contributed by atoms with E-state index >= 15 is 0 Å². The summed E-state index contributed by atoms with van der Waals surface area (Å²) in [5, 5.41) is 0. The molecule has 3 rings (SSSR count). The van der Waals surface area contributed by atoms with Gasteiger partial charge in [0.15, 0.2) is 12.4 Å². The van der Waals surface area contributed by atoms with Crippen molar-refractivity contribution in [3.63, 3.8) is 0 Å². The molecule has 0 N–H and O–H groups in total. The molecule has 3 nitrogen and oxygen atoms in total. The van der Waals surface area contributed by atoms with Crippen LogP contribution in [0, 0.1) is 0 Å². The second kappa shape index (κ2) is 9.14. The highest BCUT2D eigenvalue weighted by molar-refractivity contribution is 6.01. The van der Waals surface area contributed by atoms with Crippen molar-refractivity contribution in [2.45, 2.75) is 26.2 Å². The Bertz CT molecular complexity index is 943. The first-order valence-corrected chi connectivity index (χ1v) is 9.55. The van der Waals surface area contributed by atoms with Gasteiger partial charge in [-0.25, -0.2) is 4.79 Å². The van der Waals surface area contributed by atoms with Gasteiger partial charge in [-0.1, -0.05) is 86.6 Å². The molecule has 0 bridgehead atoms. The highest BCUT2D eigenvalue weighted by Crippen LogP contribution is 2.24. The molecule has 0 saturated heterocycles. The summed E-state index contributed by atoms with van der Waals surface area (Å²) in [6.07, 6.45) is 1.05. The van der Waals surface area contributed by atoms with Crippen molar-refractivity contribution in [2.24, 2.45) is 0 Å². The van der Waals surface area contributed by atoms with Crippen molar-refractivity contribution in [3.8, 4) is 11.1 Å². The van der Waals surface area contributed by atoms with E-state index in [2.05, 4.69) is 13.8 Å². The summed E-state index contributed by atoms with van der Waals surface area (Å²) in [6, 6.07) is 24.4. The standard InChI is InChI=1S/C25H24O3/c1-3-18(2)19-13-15-21(16-14-19)24(26)17-28-25(27)23-12-8-7-11-22(23)20-9-5-4-6-10-20/h4-16,18H,3,17H2,1-2H3/t18-/m1/s1. The van der Waals surface area contributed by atoms with Crippen LogP contribution in [0.4, 0.5) is 0 Å². The summed E-state index contributed by atoms with van der Waals surface area (Å²) in [5.41, 5.74) is 3.93. The quantitative estimate of drug-likeness (QED) is 0.383. The lowest BCUT2D eigenvalue weighted by molar-refractivity contribution is 0.0475. The highest BCUT2D eigenvalue weighted by Gasteiger charge is 2.16. The van der Waals surface area contributed by atoms with Crippen LogP contribution in [-0.4, -0.2) is 18.4 Å². The van der Waals surface area contributed by atoms with E-state index in [-0.39, 0.29) is 12.4 Å². The molecule has 0 radical (unpaired) electrons. The number of hydrogen-bond donors (Lipinski definition) is 0. The Hall–Kier alpha value is -3.20. The fraction of sp³-hybridized carbons (Fsp3) is 0.200. The van der Waals surface area contributed by atoms with Gasteiger partial charge < -0.3 is 4.74 Å². The average molecular weight is 372 g/mol. The first-order chi connectivity index (χ1) is 13.6. The minimum Gasteiger partial charge on any atom is -0.454 e. The summed E-state index contributed by atoms with van der Waals surface area (Å²) < 4.78 is 5.32. The van der Waals surface area contributed by atoms with Gasteiger partial charge in [-0.3, -0.25) is 4.79 Å². The second-order valence-corrected chi connectivity index (χ2v) is 6.84. The molecular formula is C25H24O3. The zero-order valence-corrected chi connectivity index (χ0v) is 16.2. The van der Waals surface area contributed by atoms with Crippen LogP contribution in [0.15, 0.2) is 78.9 Å². The Balaban J connectivity index is 1.69. The lowest BCUT2D eigenvalue weighted by Gasteiger charge is -2.11. The fourth-order valence-electron chi connectivity index (χ4n) is 3.06. The van der Waals surface area contributed by atoms with Crippen molar-refractivity contribution in [1.82, 2.24) is 0 Å². The minimum absolute atomic E-state index is 0.207. The summed E-state index contributed by atoms with van der Waals surface area (Å²) in [4.78, 5) is 25.0. The molecule has 0 heterocycles. The van der Waals surface area contributed by atoms with Gasteiger partial charge in [-0.05, 0) is 35.1 Å². The van der Waals surface area contributed by atoms with Crippen LogP contribution < -0.4 is 0 Å². The van der Waals surface area contributed by atoms with Gasteiger partial charge >= 0.3 is 5.97 Å². The third-order valence-electron chi connectivity index (χ3n) is 4.98. The van der Waals surface area contributed by atoms with E-state index in [1.807, 2.05) is 54.6 Å². The van der Waals surface area contributed by atoms with Gasteiger partial charge in [-0.15, -0.1) is 0 Å². The largest absolute Gasteiger partial charge is 0.454 e. The zero-order chi connectivity index (χ0) is 19.9. The Morgan fingerprint density at radius 3 is 2.18 bits per heavy atom. The van der Waals surface area contributed by atoms with E-state index in [1.54, 1.807) is 24.3 Å². The molecule has 142 valence electrons. The van der Waals surface area contributed by atoms with Crippen LogP contribution >= 0.6 is 0 Å². The Labute approximate surface area is 166 Å².